The molecule has 0 saturated carbocycles. The first-order valence-electron chi connectivity index (χ1n) is 6.56. The number of hydrogen-bond donors (Lipinski definition) is 1. The molecule has 0 radical (unpaired) electrons. The Morgan fingerprint density at radius 3 is 2.50 bits per heavy atom. The van der Waals surface area contributed by atoms with Crippen LogP contribution in [0.2, 0.25) is 0 Å². The van der Waals surface area contributed by atoms with Crippen molar-refractivity contribution in [2.24, 2.45) is 0 Å². The maximum Gasteiger partial charge on any atom is 0.265 e. The first-order valence-corrected chi connectivity index (χ1v) is 8.04. The van der Waals surface area contributed by atoms with Crippen LogP contribution in [0.3, 0.4) is 0 Å². The Bertz CT molecular complexity index is 762. The van der Waals surface area contributed by atoms with Crippen molar-refractivity contribution in [3.63, 3.8) is 0 Å². The zero-order valence-corrected chi connectivity index (χ0v) is 13.0. The normalized spacial score (nSPS) is 11.0. The molecule has 0 aliphatic heterocycles. The molecule has 2 rings (SSSR count). The largest absolute Gasteiger partial charge is 0.495 e. The van der Waals surface area contributed by atoms with Gasteiger partial charge in [-0.05, 0) is 31.2 Å². The summed E-state index contributed by atoms with van der Waals surface area (Å²) in [5.74, 6) is -0.355. The quantitative estimate of drug-likeness (QED) is 0.886. The van der Waals surface area contributed by atoms with Crippen LogP contribution in [-0.4, -0.2) is 22.1 Å². The zero-order chi connectivity index (χ0) is 16.2. The summed E-state index contributed by atoms with van der Waals surface area (Å²) in [5.41, 5.74) is 0.104. The van der Waals surface area contributed by atoms with E-state index in [1.807, 2.05) is 0 Å². The molecule has 0 atom stereocenters. The Balaban J connectivity index is 2.31. The standard InChI is InChI=1S/C15H16FNO4S/c1-3-21-13-9-8-11(10-12(13)16)17-22(18,19)15-7-5-4-6-14(15)20-2/h4-10,17H,3H2,1-2H3. The molecule has 0 saturated heterocycles. The molecule has 5 nitrogen and oxygen atoms in total. The Labute approximate surface area is 128 Å². The Morgan fingerprint density at radius 2 is 1.86 bits per heavy atom. The van der Waals surface area contributed by atoms with Crippen LogP contribution in [-0.2, 0) is 10.0 Å². The highest BCUT2D eigenvalue weighted by Gasteiger charge is 2.19. The molecule has 0 heterocycles. The van der Waals surface area contributed by atoms with Crippen molar-refractivity contribution in [3.05, 3.63) is 48.3 Å². The van der Waals surface area contributed by atoms with E-state index >= 15 is 0 Å². The monoisotopic (exact) mass is 325 g/mol. The number of ether oxygens (including phenoxy) is 2. The SMILES string of the molecule is CCOc1ccc(NS(=O)(=O)c2ccccc2OC)cc1F. The van der Waals surface area contributed by atoms with Crippen LogP contribution in [0.1, 0.15) is 6.92 Å². The highest BCUT2D eigenvalue weighted by atomic mass is 32.2. The minimum absolute atomic E-state index is 0.0215. The predicted octanol–water partition coefficient (Wildman–Crippen LogP) is 3.03. The van der Waals surface area contributed by atoms with Gasteiger partial charge in [0.2, 0.25) is 0 Å². The fourth-order valence-corrected chi connectivity index (χ4v) is 3.11. The van der Waals surface area contributed by atoms with Crippen molar-refractivity contribution in [2.45, 2.75) is 11.8 Å². The Hall–Kier alpha value is -2.28. The van der Waals surface area contributed by atoms with Crippen LogP contribution in [0.5, 0.6) is 11.5 Å². The molecule has 118 valence electrons. The molecule has 0 fully saturated rings. The van der Waals surface area contributed by atoms with Gasteiger partial charge in [-0.3, -0.25) is 4.72 Å². The first kappa shape index (κ1) is 16.1. The molecule has 22 heavy (non-hydrogen) atoms. The van der Waals surface area contributed by atoms with E-state index in [1.54, 1.807) is 19.1 Å². The van der Waals surface area contributed by atoms with Crippen LogP contribution in [0, 0.1) is 5.82 Å². The number of hydrogen-bond acceptors (Lipinski definition) is 4. The lowest BCUT2D eigenvalue weighted by Crippen LogP contribution is -2.14. The second-order valence-corrected chi connectivity index (χ2v) is 5.99. The van der Waals surface area contributed by atoms with Gasteiger partial charge in [-0.1, -0.05) is 12.1 Å². The van der Waals surface area contributed by atoms with E-state index in [0.717, 1.165) is 6.07 Å². The fourth-order valence-electron chi connectivity index (χ4n) is 1.89. The lowest BCUT2D eigenvalue weighted by Gasteiger charge is -2.12. The van der Waals surface area contributed by atoms with Crippen LogP contribution in [0.15, 0.2) is 47.4 Å². The maximum absolute atomic E-state index is 13.8. The Morgan fingerprint density at radius 1 is 1.14 bits per heavy atom. The van der Waals surface area contributed by atoms with Gasteiger partial charge in [-0.15, -0.1) is 0 Å². The van der Waals surface area contributed by atoms with E-state index in [0.29, 0.717) is 6.61 Å². The topological polar surface area (TPSA) is 64.6 Å². The van der Waals surface area contributed by atoms with Crippen molar-refractivity contribution >= 4 is 15.7 Å². The fraction of sp³-hybridized carbons (Fsp3) is 0.200. The molecule has 0 aliphatic rings. The molecular formula is C15H16FNO4S. The molecule has 0 unspecified atom stereocenters. The van der Waals surface area contributed by atoms with E-state index in [1.165, 1.54) is 31.4 Å². The number of rotatable bonds is 6. The van der Waals surface area contributed by atoms with E-state index in [-0.39, 0.29) is 22.1 Å². The summed E-state index contributed by atoms with van der Waals surface area (Å²) in [7, 11) is -2.50. The molecule has 0 bridgehead atoms. The summed E-state index contributed by atoms with van der Waals surface area (Å²) in [4.78, 5) is -0.0215. The lowest BCUT2D eigenvalue weighted by molar-refractivity contribution is 0.321. The van der Waals surface area contributed by atoms with Gasteiger partial charge in [0.05, 0.1) is 19.4 Å². The number of para-hydroxylation sites is 1. The van der Waals surface area contributed by atoms with Gasteiger partial charge < -0.3 is 9.47 Å². The maximum atomic E-state index is 13.8. The molecule has 2 aromatic carbocycles. The number of methoxy groups -OCH3 is 1. The highest BCUT2D eigenvalue weighted by molar-refractivity contribution is 7.92. The van der Waals surface area contributed by atoms with Crippen molar-refractivity contribution in [1.29, 1.82) is 0 Å². The average molecular weight is 325 g/mol. The average Bonchev–Trinajstić information content (AvgIpc) is 2.50. The summed E-state index contributed by atoms with van der Waals surface area (Å²) in [6, 6.07) is 10.1. The highest BCUT2D eigenvalue weighted by Crippen LogP contribution is 2.27. The third kappa shape index (κ3) is 3.48. The summed E-state index contributed by atoms with van der Waals surface area (Å²) in [5, 5.41) is 0. The molecule has 0 aromatic heterocycles. The van der Waals surface area contributed by atoms with Crippen LogP contribution in [0.4, 0.5) is 10.1 Å². The molecule has 0 amide bonds. The molecular weight excluding hydrogens is 309 g/mol. The van der Waals surface area contributed by atoms with E-state index in [4.69, 9.17) is 9.47 Å². The molecule has 7 heteroatoms. The van der Waals surface area contributed by atoms with E-state index in [9.17, 15) is 12.8 Å². The van der Waals surface area contributed by atoms with Crippen LogP contribution >= 0.6 is 0 Å². The lowest BCUT2D eigenvalue weighted by atomic mass is 10.3. The third-order valence-electron chi connectivity index (χ3n) is 2.84. The zero-order valence-electron chi connectivity index (χ0n) is 12.2. The number of benzene rings is 2. The number of sulfonamides is 1. The van der Waals surface area contributed by atoms with Gasteiger partial charge >= 0.3 is 0 Å². The predicted molar refractivity (Wildman–Crippen MR) is 81.4 cm³/mol. The molecule has 1 N–H and O–H groups in total. The minimum atomic E-state index is -3.88. The van der Waals surface area contributed by atoms with Gasteiger partial charge in [0, 0.05) is 6.07 Å². The molecule has 0 aliphatic carbocycles. The second-order valence-electron chi connectivity index (χ2n) is 4.33. The van der Waals surface area contributed by atoms with Gasteiger partial charge in [-0.2, -0.15) is 0 Å². The van der Waals surface area contributed by atoms with Gasteiger partial charge in [-0.25, -0.2) is 12.8 Å². The summed E-state index contributed by atoms with van der Waals surface area (Å²) in [6.07, 6.45) is 0. The number of anilines is 1. The number of halogens is 1. The summed E-state index contributed by atoms with van der Waals surface area (Å²) >= 11 is 0. The van der Waals surface area contributed by atoms with Crippen molar-refractivity contribution in [1.82, 2.24) is 0 Å². The number of nitrogens with one attached hydrogen (secondary N) is 1. The van der Waals surface area contributed by atoms with Crippen molar-refractivity contribution in [2.75, 3.05) is 18.4 Å². The molecule has 2 aromatic rings. The van der Waals surface area contributed by atoms with Gasteiger partial charge in [0.1, 0.15) is 10.6 Å². The Kier molecular flexibility index (Phi) is 4.87. The van der Waals surface area contributed by atoms with Gasteiger partial charge in [0.15, 0.2) is 11.6 Å². The van der Waals surface area contributed by atoms with Crippen LogP contribution < -0.4 is 14.2 Å². The van der Waals surface area contributed by atoms with Crippen LogP contribution in [0.25, 0.3) is 0 Å². The second kappa shape index (κ2) is 6.65. The third-order valence-corrected chi connectivity index (χ3v) is 4.26. The smallest absolute Gasteiger partial charge is 0.265 e. The summed E-state index contributed by atoms with van der Waals surface area (Å²) in [6.45, 7) is 2.06. The van der Waals surface area contributed by atoms with Crippen molar-refractivity contribution in [3.8, 4) is 11.5 Å². The minimum Gasteiger partial charge on any atom is -0.495 e. The molecule has 0 spiro atoms. The van der Waals surface area contributed by atoms with Crippen molar-refractivity contribution < 1.29 is 22.3 Å². The first-order chi connectivity index (χ1) is 10.5. The van der Waals surface area contributed by atoms with Gasteiger partial charge in [0.25, 0.3) is 10.0 Å². The van der Waals surface area contributed by atoms with E-state index < -0.39 is 15.8 Å². The van der Waals surface area contributed by atoms with E-state index in [2.05, 4.69) is 4.72 Å². The summed E-state index contributed by atoms with van der Waals surface area (Å²) < 4.78 is 50.9.